The molecule has 6 heteroatoms. The summed E-state index contributed by atoms with van der Waals surface area (Å²) < 4.78 is 0. The van der Waals surface area contributed by atoms with Gasteiger partial charge in [-0.2, -0.15) is 6.08 Å². The van der Waals surface area contributed by atoms with Gasteiger partial charge in [-0.3, -0.25) is 6.08 Å². The number of nitrogens with one attached hydrogen (secondary N) is 1. The Labute approximate surface area is 177 Å². The molecule has 1 aromatic rings. The monoisotopic (exact) mass is 417 g/mol. The van der Waals surface area contributed by atoms with Gasteiger partial charge in [-0.25, -0.2) is 12.2 Å². The predicted molar refractivity (Wildman–Crippen MR) is 92.8 cm³/mol. The fraction of sp³-hybridized carbons (Fsp3) is 0.389. The van der Waals surface area contributed by atoms with E-state index in [1.807, 2.05) is 24.3 Å². The van der Waals surface area contributed by atoms with Crippen LogP contribution in [0.3, 0.4) is 0 Å². The maximum atomic E-state index is 10.8. The van der Waals surface area contributed by atoms with Crippen LogP contribution in [0.1, 0.15) is 43.1 Å². The SMILES string of the molecule is CC(C)(C)c1cccc(C([NH-])=O)c1.C[Si]C.[C-]1=CC=CC1.[Cl-].[Cl-].[Ti+4]. The second-order valence-corrected chi connectivity index (χ2v) is 6.66. The first-order valence-electron chi connectivity index (χ1n) is 6.99. The summed E-state index contributed by atoms with van der Waals surface area (Å²) in [6.45, 7) is 10.6. The Morgan fingerprint density at radius 1 is 1.21 bits per heavy atom. The Kier molecular flexibility index (Phi) is 22.9. The van der Waals surface area contributed by atoms with Gasteiger partial charge >= 0.3 is 21.7 Å². The second kappa shape index (κ2) is 17.5. The van der Waals surface area contributed by atoms with Crippen LogP contribution in [-0.4, -0.2) is 15.4 Å². The smallest absolute Gasteiger partial charge is 1.00 e. The summed E-state index contributed by atoms with van der Waals surface area (Å²) >= 11 is 0. The zero-order valence-corrected chi connectivity index (χ0v) is 19.0. The molecule has 0 fully saturated rings. The van der Waals surface area contributed by atoms with Gasteiger partial charge in [-0.15, -0.1) is 6.42 Å². The maximum absolute atomic E-state index is 10.8. The van der Waals surface area contributed by atoms with Crippen molar-refractivity contribution in [3.8, 4) is 0 Å². The van der Waals surface area contributed by atoms with Gasteiger partial charge in [-0.05, 0) is 22.6 Å². The Balaban J connectivity index is -0.000000154. The number of hydrogen-bond acceptors (Lipinski definition) is 1. The molecule has 1 aliphatic rings. The van der Waals surface area contributed by atoms with Crippen molar-refractivity contribution >= 4 is 15.4 Å². The van der Waals surface area contributed by atoms with Gasteiger partial charge in [0.05, 0.1) is 5.91 Å². The number of amides is 1. The molecule has 24 heavy (non-hydrogen) atoms. The van der Waals surface area contributed by atoms with Crippen LogP contribution in [0.2, 0.25) is 13.1 Å². The van der Waals surface area contributed by atoms with E-state index in [9.17, 15) is 4.79 Å². The van der Waals surface area contributed by atoms with Gasteiger partial charge in [0.2, 0.25) is 0 Å². The van der Waals surface area contributed by atoms with Crippen LogP contribution in [0.4, 0.5) is 0 Å². The summed E-state index contributed by atoms with van der Waals surface area (Å²) in [6.07, 6.45) is 10.0. The van der Waals surface area contributed by atoms with Crippen LogP contribution in [0.15, 0.2) is 42.5 Å². The number of carbonyl (C=O) groups excluding carboxylic acids is 1. The predicted octanol–water partition coefficient (Wildman–Crippen LogP) is -0.726. The molecular formula is C18H25Cl2NOSiTi. The molecule has 2 nitrogen and oxygen atoms in total. The molecule has 1 amide bonds. The summed E-state index contributed by atoms with van der Waals surface area (Å²) in [4.78, 5) is 10.8. The maximum Gasteiger partial charge on any atom is 4.00 e. The number of rotatable bonds is 1. The van der Waals surface area contributed by atoms with E-state index in [0.717, 1.165) is 21.5 Å². The van der Waals surface area contributed by atoms with Gasteiger partial charge in [0.25, 0.3) is 0 Å². The van der Waals surface area contributed by atoms with Crippen molar-refractivity contribution in [2.45, 2.75) is 45.7 Å². The molecule has 0 spiro atoms. The van der Waals surface area contributed by atoms with Gasteiger partial charge < -0.3 is 35.3 Å². The van der Waals surface area contributed by atoms with Crippen LogP contribution in [0.25, 0.3) is 5.73 Å². The molecule has 0 saturated carbocycles. The quantitative estimate of drug-likeness (QED) is 0.438. The van der Waals surface area contributed by atoms with Crippen molar-refractivity contribution in [2.75, 3.05) is 0 Å². The van der Waals surface area contributed by atoms with Crippen molar-refractivity contribution in [2.24, 2.45) is 0 Å². The number of carbonyl (C=O) groups is 1. The molecule has 1 aliphatic carbocycles. The minimum absolute atomic E-state index is 0. The third-order valence-corrected chi connectivity index (χ3v) is 2.58. The van der Waals surface area contributed by atoms with E-state index in [1.54, 1.807) is 12.1 Å². The number of halogens is 2. The van der Waals surface area contributed by atoms with Crippen molar-refractivity contribution in [3.63, 3.8) is 0 Å². The number of hydrogen-bond donors (Lipinski definition) is 0. The van der Waals surface area contributed by atoms with Crippen molar-refractivity contribution in [3.05, 3.63) is 65.4 Å². The molecule has 130 valence electrons. The van der Waals surface area contributed by atoms with Crippen molar-refractivity contribution < 1.29 is 51.3 Å². The summed E-state index contributed by atoms with van der Waals surface area (Å²) in [5.74, 6) is -0.619. The van der Waals surface area contributed by atoms with E-state index in [2.05, 4.69) is 46.0 Å². The normalized spacial score (nSPS) is 10.5. The molecule has 0 bridgehead atoms. The summed E-state index contributed by atoms with van der Waals surface area (Å²) in [7, 11) is 1.08. The van der Waals surface area contributed by atoms with Crippen LogP contribution >= 0.6 is 0 Å². The minimum atomic E-state index is -0.619. The molecule has 0 unspecified atom stereocenters. The van der Waals surface area contributed by atoms with Gasteiger partial charge in [0, 0.05) is 9.52 Å². The largest absolute Gasteiger partial charge is 4.00 e. The van der Waals surface area contributed by atoms with E-state index in [-0.39, 0.29) is 51.9 Å². The molecular weight excluding hydrogens is 393 g/mol. The molecule has 0 saturated heterocycles. The Morgan fingerprint density at radius 3 is 2.04 bits per heavy atom. The first kappa shape index (κ1) is 31.5. The van der Waals surface area contributed by atoms with Gasteiger partial charge in [-0.1, -0.05) is 52.1 Å². The van der Waals surface area contributed by atoms with Crippen LogP contribution < -0.4 is 24.8 Å². The Morgan fingerprint density at radius 2 is 1.75 bits per heavy atom. The Bertz CT molecular complexity index is 490. The van der Waals surface area contributed by atoms with Crippen LogP contribution in [0, 0.1) is 6.08 Å². The van der Waals surface area contributed by atoms with Crippen LogP contribution in [-0.2, 0) is 27.1 Å². The van der Waals surface area contributed by atoms with E-state index >= 15 is 0 Å². The number of allylic oxidation sites excluding steroid dienone is 4. The average molecular weight is 418 g/mol. The van der Waals surface area contributed by atoms with Gasteiger partial charge in [0.1, 0.15) is 0 Å². The zero-order chi connectivity index (χ0) is 16.3. The molecule has 0 atom stereocenters. The fourth-order valence-corrected chi connectivity index (χ4v) is 1.47. The van der Waals surface area contributed by atoms with Crippen LogP contribution in [0.5, 0.6) is 0 Å². The number of benzene rings is 1. The van der Waals surface area contributed by atoms with Crippen molar-refractivity contribution in [1.29, 1.82) is 0 Å². The molecule has 2 rings (SSSR count). The van der Waals surface area contributed by atoms with Gasteiger partial charge in [0.15, 0.2) is 0 Å². The molecule has 0 aliphatic heterocycles. The third kappa shape index (κ3) is 15.2. The zero-order valence-electron chi connectivity index (χ0n) is 14.9. The van der Waals surface area contributed by atoms with E-state index < -0.39 is 5.91 Å². The third-order valence-electron chi connectivity index (χ3n) is 2.58. The summed E-state index contributed by atoms with van der Waals surface area (Å²) in [5.41, 5.74) is 8.57. The van der Waals surface area contributed by atoms with E-state index in [4.69, 9.17) is 5.73 Å². The molecule has 0 aromatic heterocycles. The second-order valence-electron chi connectivity index (χ2n) is 5.66. The topological polar surface area (TPSA) is 40.9 Å². The molecule has 2 radical (unpaired) electrons. The van der Waals surface area contributed by atoms with Crippen molar-refractivity contribution in [1.82, 2.24) is 0 Å². The summed E-state index contributed by atoms with van der Waals surface area (Å²) in [5, 5.41) is 0. The summed E-state index contributed by atoms with van der Waals surface area (Å²) in [6, 6.07) is 7.26. The average Bonchev–Trinajstić information content (AvgIpc) is 2.98. The van der Waals surface area contributed by atoms with E-state index in [1.165, 1.54) is 0 Å². The molecule has 1 aromatic carbocycles. The molecule has 1 N–H and O–H groups in total. The molecule has 0 heterocycles. The Hall–Kier alpha value is -0.319. The fourth-order valence-electron chi connectivity index (χ4n) is 1.47. The van der Waals surface area contributed by atoms with E-state index in [0.29, 0.717) is 5.56 Å². The first-order valence-corrected chi connectivity index (χ1v) is 8.99. The standard InChI is InChI=1S/C11H15NO.C5H5.C2H6Si.2ClH.Ti/c1-11(2,3)9-6-4-5-8(7-9)10(12)13;1-2-4-5-3-1;1-3-2;;;/h4-7H,1-3H3,(H2,12,13);1-3H,4H2;1-2H3;2*1H;/q;-1;;;;+4/p-3. The minimum Gasteiger partial charge on any atom is -1.00 e. The first-order chi connectivity index (χ1) is 9.82.